The molecule has 0 bridgehead atoms. The van der Waals surface area contributed by atoms with Gasteiger partial charge >= 0.3 is 0 Å². The van der Waals surface area contributed by atoms with Crippen LogP contribution in [0.15, 0.2) is 24.3 Å². The monoisotopic (exact) mass is 272 g/mol. The molecular formula is C16H24N4. The summed E-state index contributed by atoms with van der Waals surface area (Å²) in [5.41, 5.74) is 1.10. The molecule has 1 fully saturated rings. The van der Waals surface area contributed by atoms with Gasteiger partial charge < -0.3 is 10.2 Å². The van der Waals surface area contributed by atoms with Crippen LogP contribution in [0.25, 0.3) is 10.9 Å². The molecule has 1 aliphatic rings. The van der Waals surface area contributed by atoms with Crippen LogP contribution in [0.3, 0.4) is 0 Å². The Morgan fingerprint density at radius 1 is 1.35 bits per heavy atom. The summed E-state index contributed by atoms with van der Waals surface area (Å²) in [6.45, 7) is 5.80. The van der Waals surface area contributed by atoms with E-state index in [4.69, 9.17) is 0 Å². The maximum atomic E-state index is 4.34. The first kappa shape index (κ1) is 13.4. The second-order valence-electron chi connectivity index (χ2n) is 5.78. The Morgan fingerprint density at radius 3 is 3.15 bits per heavy atom. The van der Waals surface area contributed by atoms with Gasteiger partial charge in [-0.1, -0.05) is 18.6 Å². The van der Waals surface area contributed by atoms with Crippen molar-refractivity contribution in [1.82, 2.24) is 15.1 Å². The van der Waals surface area contributed by atoms with Gasteiger partial charge in [0, 0.05) is 24.5 Å². The Kier molecular flexibility index (Phi) is 4.21. The molecule has 0 aliphatic carbocycles. The first-order valence-corrected chi connectivity index (χ1v) is 7.75. The van der Waals surface area contributed by atoms with E-state index in [2.05, 4.69) is 45.5 Å². The maximum Gasteiger partial charge on any atom is 0.155 e. The van der Waals surface area contributed by atoms with Gasteiger partial charge in [0.2, 0.25) is 0 Å². The number of para-hydroxylation sites is 1. The zero-order valence-electron chi connectivity index (χ0n) is 12.2. The normalized spacial score (nSPS) is 20.4. The quantitative estimate of drug-likeness (QED) is 0.821. The van der Waals surface area contributed by atoms with Gasteiger partial charge in [-0.3, -0.25) is 5.10 Å². The Hall–Kier alpha value is -1.55. The van der Waals surface area contributed by atoms with Crippen molar-refractivity contribution >= 4 is 16.7 Å². The molecule has 1 atom stereocenters. The fourth-order valence-electron chi connectivity index (χ4n) is 3.08. The largest absolute Gasteiger partial charge is 0.368 e. The van der Waals surface area contributed by atoms with Gasteiger partial charge in [-0.05, 0) is 44.9 Å². The summed E-state index contributed by atoms with van der Waals surface area (Å²) in [7, 11) is 0. The third-order valence-electron chi connectivity index (χ3n) is 4.33. The average molecular weight is 272 g/mol. The summed E-state index contributed by atoms with van der Waals surface area (Å²) in [6.07, 6.45) is 5.29. The number of benzene rings is 1. The van der Waals surface area contributed by atoms with E-state index in [1.807, 2.05) is 6.07 Å². The minimum Gasteiger partial charge on any atom is -0.368 e. The second kappa shape index (κ2) is 6.27. The molecule has 1 aliphatic heterocycles. The molecule has 4 nitrogen and oxygen atoms in total. The molecule has 1 saturated heterocycles. The zero-order valence-corrected chi connectivity index (χ0v) is 12.2. The maximum absolute atomic E-state index is 4.34. The van der Waals surface area contributed by atoms with E-state index >= 15 is 0 Å². The molecule has 0 amide bonds. The molecule has 4 heteroatoms. The molecule has 0 saturated carbocycles. The van der Waals surface area contributed by atoms with Crippen LogP contribution in [0.2, 0.25) is 0 Å². The standard InChI is InChI=1S/C16H24N4/c1-13-7-4-5-11-20(13)12-6-10-17-16-14-8-2-3-9-15(14)18-19-16/h2-3,8-9,13H,4-7,10-12H2,1H3,(H2,17,18,19)/t13-/m0/s1. The number of H-pyrrole nitrogens is 1. The van der Waals surface area contributed by atoms with Crippen molar-refractivity contribution in [2.75, 3.05) is 25.0 Å². The molecule has 2 N–H and O–H groups in total. The first-order chi connectivity index (χ1) is 9.84. The molecule has 20 heavy (non-hydrogen) atoms. The number of aromatic nitrogens is 2. The highest BCUT2D eigenvalue weighted by molar-refractivity contribution is 5.89. The average Bonchev–Trinajstić information content (AvgIpc) is 2.89. The van der Waals surface area contributed by atoms with Crippen LogP contribution in [-0.4, -0.2) is 40.8 Å². The zero-order chi connectivity index (χ0) is 13.8. The molecule has 2 heterocycles. The smallest absolute Gasteiger partial charge is 0.155 e. The number of anilines is 1. The number of nitrogens with zero attached hydrogens (tertiary/aromatic N) is 2. The number of hydrogen-bond acceptors (Lipinski definition) is 3. The number of aromatic amines is 1. The topological polar surface area (TPSA) is 44.0 Å². The third-order valence-corrected chi connectivity index (χ3v) is 4.33. The van der Waals surface area contributed by atoms with Crippen LogP contribution in [-0.2, 0) is 0 Å². The highest BCUT2D eigenvalue weighted by atomic mass is 15.2. The SMILES string of the molecule is C[C@H]1CCCCN1CCCNc1n[nH]c2ccccc12. The lowest BCUT2D eigenvalue weighted by molar-refractivity contribution is 0.160. The number of likely N-dealkylation sites (tertiary alicyclic amines) is 1. The van der Waals surface area contributed by atoms with E-state index in [9.17, 15) is 0 Å². The Labute approximate surface area is 120 Å². The van der Waals surface area contributed by atoms with E-state index in [1.165, 1.54) is 44.2 Å². The third kappa shape index (κ3) is 2.96. The summed E-state index contributed by atoms with van der Waals surface area (Å²) in [6, 6.07) is 9.01. The molecule has 108 valence electrons. The van der Waals surface area contributed by atoms with Crippen molar-refractivity contribution < 1.29 is 0 Å². The van der Waals surface area contributed by atoms with E-state index < -0.39 is 0 Å². The van der Waals surface area contributed by atoms with Crippen LogP contribution >= 0.6 is 0 Å². The minimum atomic E-state index is 0.759. The summed E-state index contributed by atoms with van der Waals surface area (Å²) < 4.78 is 0. The molecule has 0 unspecified atom stereocenters. The highest BCUT2D eigenvalue weighted by Crippen LogP contribution is 2.20. The predicted octanol–water partition coefficient (Wildman–Crippen LogP) is 3.24. The van der Waals surface area contributed by atoms with Crippen LogP contribution < -0.4 is 5.32 Å². The number of piperidine rings is 1. The molecule has 1 aromatic carbocycles. The fourth-order valence-corrected chi connectivity index (χ4v) is 3.08. The van der Waals surface area contributed by atoms with Gasteiger partial charge in [0.05, 0.1) is 5.52 Å². The number of hydrogen-bond donors (Lipinski definition) is 2. The van der Waals surface area contributed by atoms with Crippen molar-refractivity contribution in [2.45, 2.75) is 38.6 Å². The van der Waals surface area contributed by atoms with Gasteiger partial charge in [-0.25, -0.2) is 0 Å². The van der Waals surface area contributed by atoms with Gasteiger partial charge in [0.1, 0.15) is 0 Å². The highest BCUT2D eigenvalue weighted by Gasteiger charge is 2.17. The van der Waals surface area contributed by atoms with Gasteiger partial charge in [-0.15, -0.1) is 0 Å². The van der Waals surface area contributed by atoms with Crippen LogP contribution in [0, 0.1) is 0 Å². The summed E-state index contributed by atoms with van der Waals surface area (Å²) >= 11 is 0. The van der Waals surface area contributed by atoms with E-state index in [-0.39, 0.29) is 0 Å². The van der Waals surface area contributed by atoms with E-state index in [1.54, 1.807) is 0 Å². The van der Waals surface area contributed by atoms with Crippen LogP contribution in [0.5, 0.6) is 0 Å². The number of rotatable bonds is 5. The Balaban J connectivity index is 1.48. The number of fused-ring (bicyclic) bond motifs is 1. The van der Waals surface area contributed by atoms with Crippen molar-refractivity contribution in [3.05, 3.63) is 24.3 Å². The van der Waals surface area contributed by atoms with E-state index in [0.29, 0.717) is 0 Å². The minimum absolute atomic E-state index is 0.759. The van der Waals surface area contributed by atoms with Crippen LogP contribution in [0.4, 0.5) is 5.82 Å². The molecule has 0 spiro atoms. The fraction of sp³-hybridized carbons (Fsp3) is 0.562. The summed E-state index contributed by atoms with van der Waals surface area (Å²) in [5.74, 6) is 0.979. The lowest BCUT2D eigenvalue weighted by Crippen LogP contribution is -2.38. The Bertz CT molecular complexity index is 548. The first-order valence-electron chi connectivity index (χ1n) is 7.75. The number of nitrogens with one attached hydrogen (secondary N) is 2. The summed E-state index contributed by atoms with van der Waals surface area (Å²) in [4.78, 5) is 2.62. The Morgan fingerprint density at radius 2 is 2.25 bits per heavy atom. The second-order valence-corrected chi connectivity index (χ2v) is 5.78. The van der Waals surface area contributed by atoms with Gasteiger partial charge in [0.25, 0.3) is 0 Å². The lowest BCUT2D eigenvalue weighted by atomic mass is 10.0. The predicted molar refractivity (Wildman–Crippen MR) is 84.1 cm³/mol. The van der Waals surface area contributed by atoms with Crippen molar-refractivity contribution in [3.8, 4) is 0 Å². The van der Waals surface area contributed by atoms with Crippen LogP contribution in [0.1, 0.15) is 32.6 Å². The van der Waals surface area contributed by atoms with Crippen molar-refractivity contribution in [1.29, 1.82) is 0 Å². The molecule has 1 aromatic heterocycles. The molecule has 2 aromatic rings. The molecular weight excluding hydrogens is 248 g/mol. The van der Waals surface area contributed by atoms with Gasteiger partial charge in [0.15, 0.2) is 5.82 Å². The van der Waals surface area contributed by atoms with Crippen molar-refractivity contribution in [2.24, 2.45) is 0 Å². The molecule has 3 rings (SSSR count). The molecule has 0 radical (unpaired) electrons. The van der Waals surface area contributed by atoms with Gasteiger partial charge in [-0.2, -0.15) is 5.10 Å². The van der Waals surface area contributed by atoms with E-state index in [0.717, 1.165) is 23.9 Å². The van der Waals surface area contributed by atoms with Crippen molar-refractivity contribution in [3.63, 3.8) is 0 Å². The lowest BCUT2D eigenvalue weighted by Gasteiger charge is -2.33. The summed E-state index contributed by atoms with van der Waals surface area (Å²) in [5, 5.41) is 12.0.